The Morgan fingerprint density at radius 2 is 0.956 bits per heavy atom. The van der Waals surface area contributed by atoms with Crippen LogP contribution >= 0.6 is 0 Å². The first-order valence-corrected chi connectivity index (χ1v) is 23.3. The van der Waals surface area contributed by atoms with Gasteiger partial charge in [-0.1, -0.05) is 0 Å². The fourth-order valence-electron chi connectivity index (χ4n) is 10.3. The predicted molar refractivity (Wildman–Crippen MR) is 263 cm³/mol. The molecule has 16 heteroatoms. The molecule has 0 bridgehead atoms. The first-order chi connectivity index (χ1) is 32.5. The Balaban J connectivity index is 0.000000170. The Labute approximate surface area is 397 Å². The highest BCUT2D eigenvalue weighted by molar-refractivity contribution is 5.89. The summed E-state index contributed by atoms with van der Waals surface area (Å²) in [6.07, 6.45) is 11.8. The summed E-state index contributed by atoms with van der Waals surface area (Å²) in [4.78, 5) is 55.0. The van der Waals surface area contributed by atoms with Crippen molar-refractivity contribution in [3.05, 3.63) is 141 Å². The van der Waals surface area contributed by atoms with Gasteiger partial charge in [-0.2, -0.15) is 0 Å². The Hall–Kier alpha value is -7.36. The number of hydrogen-bond acceptors (Lipinski definition) is 11. The summed E-state index contributed by atoms with van der Waals surface area (Å²) in [7, 11) is 0. The van der Waals surface area contributed by atoms with E-state index in [4.69, 9.17) is 15.2 Å². The van der Waals surface area contributed by atoms with Crippen LogP contribution in [0.15, 0.2) is 86.0 Å². The molecule has 6 heterocycles. The molecule has 0 aliphatic carbocycles. The number of nitrogens with zero attached hydrogens (tertiary/aromatic N) is 9. The number of amides is 2. The van der Waals surface area contributed by atoms with Crippen LogP contribution in [0, 0.1) is 51.7 Å². The van der Waals surface area contributed by atoms with E-state index < -0.39 is 11.2 Å². The lowest BCUT2D eigenvalue weighted by atomic mass is 9.91. The van der Waals surface area contributed by atoms with Crippen molar-refractivity contribution in [2.45, 2.75) is 79.4 Å². The highest BCUT2D eigenvalue weighted by Gasteiger charge is 2.48. The number of aromatic nitrogens is 4. The van der Waals surface area contributed by atoms with Gasteiger partial charge in [-0.3, -0.25) is 19.7 Å². The average Bonchev–Trinajstić information content (AvgIpc) is 4.21. The number of nitro groups is 1. The van der Waals surface area contributed by atoms with E-state index >= 15 is 0 Å². The predicted octanol–water partition coefficient (Wildman–Crippen LogP) is 7.17. The van der Waals surface area contributed by atoms with E-state index in [1.165, 1.54) is 5.69 Å². The molecule has 10 rings (SSSR count). The van der Waals surface area contributed by atoms with Crippen LogP contribution in [0.2, 0.25) is 0 Å². The molecule has 68 heavy (non-hydrogen) atoms. The van der Waals surface area contributed by atoms with E-state index in [1.807, 2.05) is 65.9 Å². The molecule has 2 aromatic heterocycles. The second-order valence-corrected chi connectivity index (χ2v) is 18.9. The summed E-state index contributed by atoms with van der Waals surface area (Å²) in [6.45, 7) is 20.7. The zero-order valence-corrected chi connectivity index (χ0v) is 40.2. The third-order valence-electron chi connectivity index (χ3n) is 14.7. The van der Waals surface area contributed by atoms with Crippen molar-refractivity contribution in [3.63, 3.8) is 0 Å². The summed E-state index contributed by atoms with van der Waals surface area (Å²) >= 11 is 0. The number of hydrogen-bond donors (Lipinski definition) is 1. The fraction of sp³-hybridized carbons (Fsp3) is 0.385. The number of carbonyl (C=O) groups excluding carboxylic acids is 2. The minimum absolute atomic E-state index is 0.0591. The van der Waals surface area contributed by atoms with E-state index in [1.54, 1.807) is 45.8 Å². The quantitative estimate of drug-likeness (QED) is 0.0979. The number of nitrogen functional groups attached to an aromatic ring is 1. The molecule has 4 aliphatic rings. The first kappa shape index (κ1) is 45.8. The molecule has 6 aromatic rings. The molecule has 2 saturated heterocycles. The number of nitrogens with two attached hydrogens (primary N) is 1. The standard InChI is InChI=1S/C26H29N5O4.C26H31N5O2/c1-17-18(2)24-22(19(3)23(17)31(33)34)15-26(4,35-24)25(32)29-13-11-28(12-14-29)20-5-7-21(8-6-20)30-10-9-27-16-30;1-17-18(2)24-22(19(3)23(17)27)15-26(4,33-24)25(32)30-13-11-29(12-14-30)20-5-7-21(8-6-20)31-10-9-28-16-31/h5-10,16H,11-15H2,1-4H3;5-10,16H,11-15,27H2,1-4H3. The van der Waals surface area contributed by atoms with Crippen LogP contribution in [0.1, 0.15) is 58.4 Å². The van der Waals surface area contributed by atoms with Crippen LogP contribution in [0.25, 0.3) is 11.4 Å². The maximum atomic E-state index is 13.6. The summed E-state index contributed by atoms with van der Waals surface area (Å²) < 4.78 is 16.6. The molecular formula is C52H60N10O6. The largest absolute Gasteiger partial charge is 0.477 e. The number of fused-ring (bicyclic) bond motifs is 2. The number of carbonyl (C=O) groups is 2. The molecule has 4 aliphatic heterocycles. The molecule has 0 spiro atoms. The maximum Gasteiger partial charge on any atom is 0.275 e. The summed E-state index contributed by atoms with van der Waals surface area (Å²) in [5, 5.41) is 11.6. The van der Waals surface area contributed by atoms with Gasteiger partial charge in [0.25, 0.3) is 17.5 Å². The monoisotopic (exact) mass is 920 g/mol. The van der Waals surface area contributed by atoms with Gasteiger partial charge in [0.1, 0.15) is 11.5 Å². The number of ether oxygens (including phenoxy) is 2. The van der Waals surface area contributed by atoms with E-state index in [0.29, 0.717) is 55.9 Å². The van der Waals surface area contributed by atoms with Crippen LogP contribution < -0.4 is 25.0 Å². The van der Waals surface area contributed by atoms with Crippen LogP contribution in [0.5, 0.6) is 11.5 Å². The van der Waals surface area contributed by atoms with E-state index in [-0.39, 0.29) is 22.4 Å². The molecule has 0 saturated carbocycles. The third kappa shape index (κ3) is 8.15. The molecule has 0 radical (unpaired) electrons. The SMILES string of the molecule is Cc1c(C)c([N+](=O)[O-])c(C)c2c1OC(C)(C(=O)N1CCN(c3ccc(-n4ccnc4)cc3)CC1)C2.Cc1c(C)c2c(c(C)c1N)CC(C)(C(=O)N1CCN(c3ccc(-n4ccnc4)cc3)CC1)O2. The third-order valence-corrected chi connectivity index (χ3v) is 14.7. The van der Waals surface area contributed by atoms with Gasteiger partial charge in [0.05, 0.1) is 17.6 Å². The van der Waals surface area contributed by atoms with Crippen molar-refractivity contribution in [2.75, 3.05) is 67.9 Å². The van der Waals surface area contributed by atoms with Gasteiger partial charge in [0.15, 0.2) is 11.2 Å². The Morgan fingerprint density at radius 1 is 0.574 bits per heavy atom. The molecular weight excluding hydrogens is 861 g/mol. The lowest BCUT2D eigenvalue weighted by Crippen LogP contribution is -2.56. The number of nitro benzene ring substituents is 1. The zero-order valence-electron chi connectivity index (χ0n) is 40.2. The summed E-state index contributed by atoms with van der Waals surface area (Å²) in [5.41, 5.74) is 16.6. The first-order valence-electron chi connectivity index (χ1n) is 23.3. The van der Waals surface area contributed by atoms with Gasteiger partial charge in [-0.25, -0.2) is 9.97 Å². The molecule has 354 valence electrons. The number of imidazole rings is 2. The van der Waals surface area contributed by atoms with Crippen molar-refractivity contribution in [2.24, 2.45) is 0 Å². The van der Waals surface area contributed by atoms with Gasteiger partial charge in [0.2, 0.25) is 0 Å². The Kier molecular flexibility index (Phi) is 11.9. The highest BCUT2D eigenvalue weighted by atomic mass is 16.6. The zero-order chi connectivity index (χ0) is 48.2. The second-order valence-electron chi connectivity index (χ2n) is 18.9. The molecule has 4 aromatic carbocycles. The lowest BCUT2D eigenvalue weighted by Gasteiger charge is -2.39. The summed E-state index contributed by atoms with van der Waals surface area (Å²) in [5.74, 6) is 1.46. The fourth-order valence-corrected chi connectivity index (χ4v) is 10.3. The van der Waals surface area contributed by atoms with Gasteiger partial charge in [-0.15, -0.1) is 0 Å². The normalized spacial score (nSPS) is 19.7. The van der Waals surface area contributed by atoms with Crippen molar-refractivity contribution >= 4 is 34.6 Å². The lowest BCUT2D eigenvalue weighted by molar-refractivity contribution is -0.386. The van der Waals surface area contributed by atoms with Crippen LogP contribution in [0.4, 0.5) is 22.7 Å². The molecule has 16 nitrogen and oxygen atoms in total. The van der Waals surface area contributed by atoms with Crippen molar-refractivity contribution in [1.29, 1.82) is 0 Å². The average molecular weight is 921 g/mol. The minimum Gasteiger partial charge on any atom is -0.477 e. The molecule has 2 fully saturated rings. The number of piperazine rings is 2. The Morgan fingerprint density at radius 3 is 1.34 bits per heavy atom. The van der Waals surface area contributed by atoms with Crippen molar-refractivity contribution in [1.82, 2.24) is 28.9 Å². The number of rotatable bonds is 7. The van der Waals surface area contributed by atoms with E-state index in [9.17, 15) is 19.7 Å². The van der Waals surface area contributed by atoms with Gasteiger partial charge < -0.3 is 43.9 Å². The minimum atomic E-state index is -1.06. The highest BCUT2D eigenvalue weighted by Crippen LogP contribution is 2.47. The maximum absolute atomic E-state index is 13.6. The van der Waals surface area contributed by atoms with Crippen LogP contribution in [-0.2, 0) is 22.4 Å². The summed E-state index contributed by atoms with van der Waals surface area (Å²) in [6, 6.07) is 16.7. The number of benzene rings is 4. The van der Waals surface area contributed by atoms with Gasteiger partial charge >= 0.3 is 0 Å². The van der Waals surface area contributed by atoms with Crippen LogP contribution in [0.3, 0.4) is 0 Å². The van der Waals surface area contributed by atoms with E-state index in [2.05, 4.69) is 68.3 Å². The number of anilines is 3. The Bertz CT molecular complexity index is 2840. The molecule has 2 N–H and O–H groups in total. The smallest absolute Gasteiger partial charge is 0.275 e. The van der Waals surface area contributed by atoms with Crippen molar-refractivity contribution in [3.8, 4) is 22.9 Å². The van der Waals surface area contributed by atoms with Crippen LogP contribution in [-0.4, -0.2) is 109 Å². The molecule has 2 unspecified atom stereocenters. The van der Waals surface area contributed by atoms with Gasteiger partial charge in [0, 0.05) is 146 Å². The van der Waals surface area contributed by atoms with E-state index in [0.717, 1.165) is 88.1 Å². The molecule has 2 amide bonds. The topological polar surface area (TPSA) is 170 Å². The van der Waals surface area contributed by atoms with Gasteiger partial charge in [-0.05, 0) is 121 Å². The molecule has 2 atom stereocenters. The van der Waals surface area contributed by atoms with Crippen molar-refractivity contribution < 1.29 is 24.0 Å². The second kappa shape index (κ2) is 17.7.